The predicted octanol–water partition coefficient (Wildman–Crippen LogP) is -0.193. The van der Waals surface area contributed by atoms with Crippen LogP contribution in [0.5, 0.6) is 0 Å². The van der Waals surface area contributed by atoms with E-state index in [1.165, 1.54) is 0 Å². The van der Waals surface area contributed by atoms with Gasteiger partial charge in [0.25, 0.3) is 0 Å². The minimum absolute atomic E-state index is 0.0301. The van der Waals surface area contributed by atoms with Gasteiger partial charge in [-0.15, -0.1) is 0 Å². The Kier molecular flexibility index (Phi) is 5.33. The van der Waals surface area contributed by atoms with Crippen LogP contribution in [0.15, 0.2) is 30.3 Å². The molecule has 134 valence electrons. The lowest BCUT2D eigenvalue weighted by atomic mass is 10.1. The maximum atomic E-state index is 12.5. The van der Waals surface area contributed by atoms with Crippen LogP contribution in [0.3, 0.4) is 0 Å². The summed E-state index contributed by atoms with van der Waals surface area (Å²) in [4.78, 5) is 41.4. The SMILES string of the molecule is NC(=O)[C@H]1CN(C(=O)CN2CCCC2=O)CCN1Cc1ccccc1. The molecule has 0 radical (unpaired) electrons. The Morgan fingerprint density at radius 1 is 1.12 bits per heavy atom. The average Bonchev–Trinajstić information content (AvgIpc) is 3.00. The average molecular weight is 344 g/mol. The summed E-state index contributed by atoms with van der Waals surface area (Å²) >= 11 is 0. The van der Waals surface area contributed by atoms with Crippen molar-refractivity contribution < 1.29 is 14.4 Å². The van der Waals surface area contributed by atoms with Crippen LogP contribution in [0.4, 0.5) is 0 Å². The molecule has 0 aliphatic carbocycles. The van der Waals surface area contributed by atoms with Gasteiger partial charge in [0.1, 0.15) is 6.04 Å². The first kappa shape index (κ1) is 17.4. The Morgan fingerprint density at radius 2 is 1.88 bits per heavy atom. The van der Waals surface area contributed by atoms with Gasteiger partial charge >= 0.3 is 0 Å². The molecule has 3 rings (SSSR count). The quantitative estimate of drug-likeness (QED) is 0.802. The summed E-state index contributed by atoms with van der Waals surface area (Å²) in [5, 5.41) is 0. The first-order valence-corrected chi connectivity index (χ1v) is 8.67. The fraction of sp³-hybridized carbons (Fsp3) is 0.500. The Morgan fingerprint density at radius 3 is 2.52 bits per heavy atom. The third kappa shape index (κ3) is 4.17. The number of nitrogens with zero attached hydrogens (tertiary/aromatic N) is 3. The van der Waals surface area contributed by atoms with Crippen molar-refractivity contribution in [2.45, 2.75) is 25.4 Å². The molecule has 0 bridgehead atoms. The maximum Gasteiger partial charge on any atom is 0.242 e. The summed E-state index contributed by atoms with van der Waals surface area (Å²) in [5.74, 6) is -0.506. The third-order valence-electron chi connectivity index (χ3n) is 4.90. The molecule has 2 fully saturated rings. The van der Waals surface area contributed by atoms with Crippen LogP contribution in [0.2, 0.25) is 0 Å². The van der Waals surface area contributed by atoms with E-state index >= 15 is 0 Å². The normalized spacial score (nSPS) is 21.6. The van der Waals surface area contributed by atoms with E-state index in [9.17, 15) is 14.4 Å². The van der Waals surface area contributed by atoms with Gasteiger partial charge in [0.15, 0.2) is 0 Å². The van der Waals surface area contributed by atoms with E-state index in [0.29, 0.717) is 32.6 Å². The maximum absolute atomic E-state index is 12.5. The Hall–Kier alpha value is -2.41. The molecular weight excluding hydrogens is 320 g/mol. The first-order chi connectivity index (χ1) is 12.0. The topological polar surface area (TPSA) is 87.0 Å². The van der Waals surface area contributed by atoms with Crippen LogP contribution < -0.4 is 5.73 Å². The van der Waals surface area contributed by atoms with Gasteiger partial charge < -0.3 is 15.5 Å². The number of amides is 3. The highest BCUT2D eigenvalue weighted by Gasteiger charge is 2.34. The van der Waals surface area contributed by atoms with E-state index in [1.807, 2.05) is 35.2 Å². The molecule has 0 spiro atoms. The second-order valence-electron chi connectivity index (χ2n) is 6.63. The van der Waals surface area contributed by atoms with Gasteiger partial charge in [0, 0.05) is 39.1 Å². The van der Waals surface area contributed by atoms with E-state index < -0.39 is 11.9 Å². The lowest BCUT2D eigenvalue weighted by Crippen LogP contribution is -2.59. The van der Waals surface area contributed by atoms with Crippen molar-refractivity contribution in [2.24, 2.45) is 5.73 Å². The number of carbonyl (C=O) groups excluding carboxylic acids is 3. The minimum Gasteiger partial charge on any atom is -0.368 e. The molecule has 2 N–H and O–H groups in total. The van der Waals surface area contributed by atoms with Crippen molar-refractivity contribution in [3.05, 3.63) is 35.9 Å². The lowest BCUT2D eigenvalue weighted by Gasteiger charge is -2.40. The van der Waals surface area contributed by atoms with Gasteiger partial charge in [0.05, 0.1) is 6.54 Å². The van der Waals surface area contributed by atoms with E-state index in [1.54, 1.807) is 9.80 Å². The van der Waals surface area contributed by atoms with Gasteiger partial charge in [-0.1, -0.05) is 30.3 Å². The number of rotatable bonds is 5. The van der Waals surface area contributed by atoms with Crippen LogP contribution in [-0.2, 0) is 20.9 Å². The van der Waals surface area contributed by atoms with Crippen LogP contribution >= 0.6 is 0 Å². The highest BCUT2D eigenvalue weighted by atomic mass is 16.2. The molecule has 0 aromatic heterocycles. The molecule has 1 aromatic rings. The molecule has 7 heteroatoms. The number of piperazine rings is 1. The monoisotopic (exact) mass is 344 g/mol. The summed E-state index contributed by atoms with van der Waals surface area (Å²) in [6.45, 7) is 2.77. The molecule has 3 amide bonds. The van der Waals surface area contributed by atoms with Crippen LogP contribution in [0.25, 0.3) is 0 Å². The molecule has 2 aliphatic rings. The Bertz CT molecular complexity index is 649. The van der Waals surface area contributed by atoms with Gasteiger partial charge in [-0.05, 0) is 12.0 Å². The summed E-state index contributed by atoms with van der Waals surface area (Å²) in [7, 11) is 0. The third-order valence-corrected chi connectivity index (χ3v) is 4.90. The zero-order valence-corrected chi connectivity index (χ0v) is 14.3. The minimum atomic E-state index is -0.507. The summed E-state index contributed by atoms with van der Waals surface area (Å²) in [6.07, 6.45) is 1.32. The van der Waals surface area contributed by atoms with Crippen LogP contribution in [0, 0.1) is 0 Å². The highest BCUT2D eigenvalue weighted by molar-refractivity contribution is 5.87. The number of benzene rings is 1. The Balaban J connectivity index is 1.61. The molecule has 1 aromatic carbocycles. The number of carbonyl (C=O) groups is 3. The van der Waals surface area contributed by atoms with Crippen molar-refractivity contribution >= 4 is 17.7 Å². The predicted molar refractivity (Wildman–Crippen MR) is 92.2 cm³/mol. The van der Waals surface area contributed by atoms with Crippen molar-refractivity contribution in [1.29, 1.82) is 0 Å². The summed E-state index contributed by atoms with van der Waals surface area (Å²) in [6, 6.07) is 9.38. The molecule has 0 unspecified atom stereocenters. The molecule has 0 saturated carbocycles. The first-order valence-electron chi connectivity index (χ1n) is 8.67. The van der Waals surface area contributed by atoms with Gasteiger partial charge in [0.2, 0.25) is 17.7 Å². The van der Waals surface area contributed by atoms with Crippen molar-refractivity contribution in [3.63, 3.8) is 0 Å². The van der Waals surface area contributed by atoms with E-state index in [2.05, 4.69) is 0 Å². The second-order valence-corrected chi connectivity index (χ2v) is 6.63. The Labute approximate surface area is 147 Å². The van der Waals surface area contributed by atoms with Crippen molar-refractivity contribution in [3.8, 4) is 0 Å². The van der Waals surface area contributed by atoms with Gasteiger partial charge in [-0.2, -0.15) is 0 Å². The number of primary amides is 1. The number of hydrogen-bond acceptors (Lipinski definition) is 4. The lowest BCUT2D eigenvalue weighted by molar-refractivity contribution is -0.142. The second kappa shape index (κ2) is 7.65. The van der Waals surface area contributed by atoms with E-state index in [-0.39, 0.29) is 24.9 Å². The van der Waals surface area contributed by atoms with Crippen LogP contribution in [-0.4, -0.2) is 71.2 Å². The van der Waals surface area contributed by atoms with Crippen LogP contribution in [0.1, 0.15) is 18.4 Å². The zero-order chi connectivity index (χ0) is 17.8. The number of nitrogens with two attached hydrogens (primary N) is 1. The fourth-order valence-electron chi connectivity index (χ4n) is 3.46. The smallest absolute Gasteiger partial charge is 0.242 e. The summed E-state index contributed by atoms with van der Waals surface area (Å²) in [5.41, 5.74) is 6.68. The molecule has 2 aliphatic heterocycles. The fourth-order valence-corrected chi connectivity index (χ4v) is 3.46. The van der Waals surface area contributed by atoms with E-state index in [4.69, 9.17) is 5.73 Å². The summed E-state index contributed by atoms with van der Waals surface area (Å²) < 4.78 is 0. The van der Waals surface area contributed by atoms with Crippen molar-refractivity contribution in [1.82, 2.24) is 14.7 Å². The number of hydrogen-bond donors (Lipinski definition) is 1. The van der Waals surface area contributed by atoms with Gasteiger partial charge in [-0.25, -0.2) is 0 Å². The van der Waals surface area contributed by atoms with Crippen molar-refractivity contribution in [2.75, 3.05) is 32.7 Å². The zero-order valence-electron chi connectivity index (χ0n) is 14.3. The largest absolute Gasteiger partial charge is 0.368 e. The van der Waals surface area contributed by atoms with Gasteiger partial charge in [-0.3, -0.25) is 19.3 Å². The molecule has 2 heterocycles. The number of likely N-dealkylation sites (tertiary alicyclic amines) is 1. The molecular formula is C18H24N4O3. The molecule has 2 saturated heterocycles. The molecule has 7 nitrogen and oxygen atoms in total. The highest BCUT2D eigenvalue weighted by Crippen LogP contribution is 2.16. The van der Waals surface area contributed by atoms with E-state index in [0.717, 1.165) is 12.0 Å². The standard InChI is InChI=1S/C18H24N4O3/c19-18(25)15-12-22(17(24)13-21-8-4-7-16(21)23)10-9-20(15)11-14-5-2-1-3-6-14/h1-3,5-6,15H,4,7-13H2,(H2,19,25)/t15-/m1/s1. The molecule has 25 heavy (non-hydrogen) atoms. The molecule has 1 atom stereocenters.